The number of thiazole rings is 1. The van der Waals surface area contributed by atoms with Crippen LogP contribution in [0.25, 0.3) is 10.8 Å². The second-order valence-corrected chi connectivity index (χ2v) is 7.16. The molecule has 1 atom stereocenters. The minimum absolute atomic E-state index is 0.125. The first-order valence-corrected chi connectivity index (χ1v) is 9.58. The number of hydrogen-bond donors (Lipinski definition) is 0. The van der Waals surface area contributed by atoms with Crippen LogP contribution in [0.3, 0.4) is 0 Å². The van der Waals surface area contributed by atoms with Crippen molar-refractivity contribution in [3.63, 3.8) is 0 Å². The van der Waals surface area contributed by atoms with Crippen molar-refractivity contribution >= 4 is 28.0 Å². The molecule has 0 bridgehead atoms. The highest BCUT2D eigenvalue weighted by molar-refractivity contribution is 7.09. The monoisotopic (exact) mass is 394 g/mol. The molecule has 3 heterocycles. The molecule has 28 heavy (non-hydrogen) atoms. The Morgan fingerprint density at radius 1 is 1.32 bits per heavy atom. The fraction of sp³-hybridized carbons (Fsp3) is 0.200. The average molecular weight is 394 g/mol. The summed E-state index contributed by atoms with van der Waals surface area (Å²) in [6, 6.07) is 7.49. The van der Waals surface area contributed by atoms with Gasteiger partial charge in [0.05, 0.1) is 6.04 Å². The highest BCUT2D eigenvalue weighted by atomic mass is 32.1. The van der Waals surface area contributed by atoms with Crippen LogP contribution in [0, 0.1) is 0 Å². The van der Waals surface area contributed by atoms with E-state index in [2.05, 4.69) is 15.0 Å². The van der Waals surface area contributed by atoms with Crippen LogP contribution in [0.5, 0.6) is 5.75 Å². The van der Waals surface area contributed by atoms with Gasteiger partial charge in [-0.1, -0.05) is 12.1 Å². The van der Waals surface area contributed by atoms with Gasteiger partial charge < -0.3 is 14.1 Å². The number of carbonyl (C=O) groups excluding carboxylic acids is 1. The Labute approximate surface area is 165 Å². The maximum Gasteiger partial charge on any atom is 0.276 e. The van der Waals surface area contributed by atoms with Gasteiger partial charge in [0.25, 0.3) is 5.91 Å². The molecule has 0 aliphatic carbocycles. The molecule has 0 spiro atoms. The van der Waals surface area contributed by atoms with Crippen LogP contribution in [0.2, 0.25) is 0 Å². The molecule has 0 aliphatic heterocycles. The maximum atomic E-state index is 12.7. The normalized spacial score (nSPS) is 12.1. The molecule has 8 heteroatoms. The third kappa shape index (κ3) is 3.59. The van der Waals surface area contributed by atoms with Crippen molar-refractivity contribution in [1.29, 1.82) is 0 Å². The number of amides is 1. The SMILES string of the molecule is CC(c1nccs1)N(C)C(=O)c1coc(COc2cccc3cnccc23)n1. The van der Waals surface area contributed by atoms with Gasteiger partial charge in [0.1, 0.15) is 17.0 Å². The van der Waals surface area contributed by atoms with Crippen LogP contribution >= 0.6 is 11.3 Å². The van der Waals surface area contributed by atoms with Gasteiger partial charge in [-0.05, 0) is 19.1 Å². The molecule has 0 N–H and O–H groups in total. The fourth-order valence-electron chi connectivity index (χ4n) is 2.80. The number of benzene rings is 1. The third-order valence-corrected chi connectivity index (χ3v) is 5.42. The van der Waals surface area contributed by atoms with Crippen molar-refractivity contribution < 1.29 is 13.9 Å². The number of pyridine rings is 1. The van der Waals surface area contributed by atoms with Gasteiger partial charge in [-0.3, -0.25) is 9.78 Å². The first-order valence-electron chi connectivity index (χ1n) is 8.70. The predicted octanol–water partition coefficient (Wildman–Crippen LogP) is 4.09. The van der Waals surface area contributed by atoms with Crippen molar-refractivity contribution in [3.8, 4) is 5.75 Å². The topological polar surface area (TPSA) is 81.4 Å². The van der Waals surface area contributed by atoms with Crippen LogP contribution in [0.4, 0.5) is 0 Å². The van der Waals surface area contributed by atoms with Crippen molar-refractivity contribution in [2.45, 2.75) is 19.6 Å². The Kier molecular flexibility index (Phi) is 5.03. The highest BCUT2D eigenvalue weighted by Gasteiger charge is 2.23. The van der Waals surface area contributed by atoms with Gasteiger partial charge >= 0.3 is 0 Å². The summed E-state index contributed by atoms with van der Waals surface area (Å²) in [6.45, 7) is 2.05. The number of nitrogens with zero attached hydrogens (tertiary/aromatic N) is 4. The van der Waals surface area contributed by atoms with Crippen molar-refractivity contribution in [2.75, 3.05) is 7.05 Å². The van der Waals surface area contributed by atoms with Crippen LogP contribution < -0.4 is 4.74 Å². The first-order chi connectivity index (χ1) is 13.6. The Hall–Kier alpha value is -3.26. The zero-order chi connectivity index (χ0) is 19.5. The van der Waals surface area contributed by atoms with E-state index in [1.165, 1.54) is 17.6 Å². The van der Waals surface area contributed by atoms with E-state index < -0.39 is 0 Å². The van der Waals surface area contributed by atoms with E-state index in [1.54, 1.807) is 30.5 Å². The maximum absolute atomic E-state index is 12.7. The van der Waals surface area contributed by atoms with Gasteiger partial charge in [0, 0.05) is 41.8 Å². The number of carbonyl (C=O) groups is 1. The molecule has 1 aromatic carbocycles. The standard InChI is InChI=1S/C20H18N4O3S/c1-13(19-22-8-9-28-19)24(2)20(25)16-11-27-18(23-16)12-26-17-5-3-4-14-10-21-7-6-15(14)17/h3-11,13H,12H2,1-2H3. The highest BCUT2D eigenvalue weighted by Crippen LogP contribution is 2.26. The quantitative estimate of drug-likeness (QED) is 0.490. The van der Waals surface area contributed by atoms with Crippen molar-refractivity contribution in [1.82, 2.24) is 19.9 Å². The largest absolute Gasteiger partial charge is 0.483 e. The molecule has 0 saturated heterocycles. The summed E-state index contributed by atoms with van der Waals surface area (Å²) in [7, 11) is 1.73. The molecule has 4 rings (SSSR count). The Morgan fingerprint density at radius 3 is 3.04 bits per heavy atom. The first kappa shape index (κ1) is 18.1. The summed E-state index contributed by atoms with van der Waals surface area (Å²) in [5, 5.41) is 4.70. The summed E-state index contributed by atoms with van der Waals surface area (Å²) in [4.78, 5) is 26.9. The predicted molar refractivity (Wildman–Crippen MR) is 105 cm³/mol. The zero-order valence-corrected chi connectivity index (χ0v) is 16.2. The lowest BCUT2D eigenvalue weighted by Crippen LogP contribution is -2.29. The summed E-state index contributed by atoms with van der Waals surface area (Å²) >= 11 is 1.51. The Balaban J connectivity index is 1.45. The minimum atomic E-state index is -0.228. The molecule has 0 aliphatic rings. The molecule has 1 unspecified atom stereocenters. The van der Waals surface area contributed by atoms with E-state index in [4.69, 9.17) is 9.15 Å². The molecule has 4 aromatic rings. The smallest absolute Gasteiger partial charge is 0.276 e. The Morgan fingerprint density at radius 2 is 2.21 bits per heavy atom. The van der Waals surface area contributed by atoms with E-state index in [0.717, 1.165) is 15.8 Å². The zero-order valence-electron chi connectivity index (χ0n) is 15.4. The van der Waals surface area contributed by atoms with Gasteiger partial charge in [0.2, 0.25) is 5.89 Å². The van der Waals surface area contributed by atoms with E-state index in [-0.39, 0.29) is 24.2 Å². The minimum Gasteiger partial charge on any atom is -0.483 e. The lowest BCUT2D eigenvalue weighted by molar-refractivity contribution is 0.0736. The van der Waals surface area contributed by atoms with Crippen LogP contribution in [-0.4, -0.2) is 32.8 Å². The molecule has 0 radical (unpaired) electrons. The number of aromatic nitrogens is 3. The van der Waals surface area contributed by atoms with E-state index in [1.807, 2.05) is 36.6 Å². The molecular weight excluding hydrogens is 376 g/mol. The number of rotatable bonds is 6. The van der Waals surface area contributed by atoms with E-state index in [0.29, 0.717) is 11.6 Å². The molecule has 142 valence electrons. The third-order valence-electron chi connectivity index (χ3n) is 4.47. The van der Waals surface area contributed by atoms with Crippen LogP contribution in [0.1, 0.15) is 34.4 Å². The van der Waals surface area contributed by atoms with E-state index >= 15 is 0 Å². The van der Waals surface area contributed by atoms with Gasteiger partial charge in [-0.15, -0.1) is 11.3 Å². The molecule has 7 nitrogen and oxygen atoms in total. The van der Waals surface area contributed by atoms with Crippen molar-refractivity contribution in [2.24, 2.45) is 0 Å². The van der Waals surface area contributed by atoms with Gasteiger partial charge in [-0.25, -0.2) is 9.97 Å². The molecule has 3 aromatic heterocycles. The lowest BCUT2D eigenvalue weighted by Gasteiger charge is -2.21. The van der Waals surface area contributed by atoms with Gasteiger partial charge in [-0.2, -0.15) is 0 Å². The number of oxazole rings is 1. The molecule has 0 saturated carbocycles. The number of fused-ring (bicyclic) bond motifs is 1. The summed E-state index contributed by atoms with van der Waals surface area (Å²) in [6.07, 6.45) is 6.59. The molecule has 0 fully saturated rings. The fourth-order valence-corrected chi connectivity index (χ4v) is 3.53. The summed E-state index contributed by atoms with van der Waals surface area (Å²) < 4.78 is 11.3. The number of hydrogen-bond acceptors (Lipinski definition) is 7. The average Bonchev–Trinajstić information content (AvgIpc) is 3.43. The van der Waals surface area contributed by atoms with Gasteiger partial charge in [0.15, 0.2) is 12.3 Å². The van der Waals surface area contributed by atoms with Crippen LogP contribution in [-0.2, 0) is 6.61 Å². The summed E-state index contributed by atoms with van der Waals surface area (Å²) in [5.41, 5.74) is 0.242. The second-order valence-electron chi connectivity index (χ2n) is 6.23. The number of ether oxygens (including phenoxy) is 1. The second kappa shape index (κ2) is 7.77. The molecular formula is C20H18N4O3S. The summed E-state index contributed by atoms with van der Waals surface area (Å²) in [5.74, 6) is 0.819. The lowest BCUT2D eigenvalue weighted by atomic mass is 10.1. The Bertz CT molecular complexity index is 1090. The molecule has 1 amide bonds. The van der Waals surface area contributed by atoms with E-state index in [9.17, 15) is 4.79 Å². The van der Waals surface area contributed by atoms with Crippen molar-refractivity contribution in [3.05, 3.63) is 71.1 Å². The van der Waals surface area contributed by atoms with Crippen LogP contribution in [0.15, 0.2) is 58.9 Å².